The van der Waals surface area contributed by atoms with E-state index in [4.69, 9.17) is 4.74 Å². The molecule has 0 atom stereocenters. The molecule has 96 valence electrons. The number of ether oxygens (including phenoxy) is 1. The van der Waals surface area contributed by atoms with Crippen LogP contribution in [0, 0.1) is 0 Å². The van der Waals surface area contributed by atoms with Gasteiger partial charge in [0.15, 0.2) is 0 Å². The third kappa shape index (κ3) is 2.30. The molecular formula is C13H10N2O3S. The van der Waals surface area contributed by atoms with Gasteiger partial charge in [0.25, 0.3) is 11.1 Å². The molecule has 0 aliphatic heterocycles. The molecule has 2 N–H and O–H groups in total. The zero-order chi connectivity index (χ0) is 13.2. The van der Waals surface area contributed by atoms with Crippen molar-refractivity contribution in [1.29, 1.82) is 0 Å². The first-order valence-corrected chi connectivity index (χ1v) is 6.52. The fourth-order valence-electron chi connectivity index (χ4n) is 1.80. The smallest absolute Gasteiger partial charge is 0.270 e. The van der Waals surface area contributed by atoms with Crippen LogP contribution in [0.25, 0.3) is 10.8 Å². The van der Waals surface area contributed by atoms with E-state index in [1.54, 1.807) is 29.5 Å². The normalized spacial score (nSPS) is 10.7. The Morgan fingerprint density at radius 3 is 2.58 bits per heavy atom. The summed E-state index contributed by atoms with van der Waals surface area (Å²) in [5.41, 5.74) is -0.657. The molecule has 0 aliphatic rings. The number of nitrogens with one attached hydrogen (secondary N) is 2. The summed E-state index contributed by atoms with van der Waals surface area (Å²) < 4.78 is 5.60. The van der Waals surface area contributed by atoms with E-state index in [1.807, 2.05) is 17.5 Å². The van der Waals surface area contributed by atoms with Crippen LogP contribution < -0.4 is 15.9 Å². The Labute approximate surface area is 111 Å². The van der Waals surface area contributed by atoms with Gasteiger partial charge in [0, 0.05) is 4.88 Å². The van der Waals surface area contributed by atoms with Crippen molar-refractivity contribution in [3.05, 3.63) is 61.3 Å². The zero-order valence-corrected chi connectivity index (χ0v) is 10.6. The summed E-state index contributed by atoms with van der Waals surface area (Å²) in [6.45, 7) is 0.449. The number of hydrogen-bond acceptors (Lipinski definition) is 4. The van der Waals surface area contributed by atoms with Crippen molar-refractivity contribution in [1.82, 2.24) is 10.2 Å². The van der Waals surface area contributed by atoms with Gasteiger partial charge < -0.3 is 4.74 Å². The molecule has 19 heavy (non-hydrogen) atoms. The minimum atomic E-state index is -0.337. The van der Waals surface area contributed by atoms with Crippen molar-refractivity contribution >= 4 is 22.1 Å². The lowest BCUT2D eigenvalue weighted by molar-refractivity contribution is 0.310. The van der Waals surface area contributed by atoms with Crippen molar-refractivity contribution in [3.8, 4) is 5.75 Å². The van der Waals surface area contributed by atoms with Crippen molar-refractivity contribution in [2.24, 2.45) is 0 Å². The summed E-state index contributed by atoms with van der Waals surface area (Å²) in [7, 11) is 0. The predicted molar refractivity (Wildman–Crippen MR) is 73.8 cm³/mol. The number of thiophene rings is 1. The van der Waals surface area contributed by atoms with Crippen LogP contribution in [0.2, 0.25) is 0 Å². The Balaban J connectivity index is 1.95. The number of hydrogen-bond donors (Lipinski definition) is 2. The van der Waals surface area contributed by atoms with Crippen LogP contribution in [0.15, 0.2) is 45.3 Å². The van der Waals surface area contributed by atoms with Crippen molar-refractivity contribution in [3.63, 3.8) is 0 Å². The second-order valence-electron chi connectivity index (χ2n) is 3.98. The molecule has 0 bridgehead atoms. The van der Waals surface area contributed by atoms with Crippen molar-refractivity contribution in [2.75, 3.05) is 0 Å². The fourth-order valence-corrected chi connectivity index (χ4v) is 2.41. The molecule has 5 nitrogen and oxygen atoms in total. The van der Waals surface area contributed by atoms with Gasteiger partial charge in [0.05, 0.1) is 10.8 Å². The van der Waals surface area contributed by atoms with Crippen LogP contribution >= 0.6 is 11.3 Å². The average molecular weight is 274 g/mol. The van der Waals surface area contributed by atoms with Gasteiger partial charge in [-0.3, -0.25) is 19.8 Å². The number of fused-ring (bicyclic) bond motifs is 1. The van der Waals surface area contributed by atoms with Gasteiger partial charge >= 0.3 is 0 Å². The molecular weight excluding hydrogens is 264 g/mol. The molecule has 6 heteroatoms. The third-order valence-electron chi connectivity index (χ3n) is 2.73. The van der Waals surface area contributed by atoms with Gasteiger partial charge in [0.2, 0.25) is 0 Å². The third-order valence-corrected chi connectivity index (χ3v) is 3.58. The summed E-state index contributed by atoms with van der Waals surface area (Å²) in [5.74, 6) is 0.567. The lowest BCUT2D eigenvalue weighted by Crippen LogP contribution is -2.18. The first kappa shape index (κ1) is 11.7. The van der Waals surface area contributed by atoms with E-state index in [0.29, 0.717) is 23.1 Å². The molecule has 3 aromatic rings. The van der Waals surface area contributed by atoms with Crippen LogP contribution in [0.3, 0.4) is 0 Å². The van der Waals surface area contributed by atoms with E-state index in [1.165, 1.54) is 0 Å². The highest BCUT2D eigenvalue weighted by atomic mass is 32.1. The molecule has 0 saturated carbocycles. The van der Waals surface area contributed by atoms with Gasteiger partial charge in [0.1, 0.15) is 12.4 Å². The van der Waals surface area contributed by atoms with Crippen molar-refractivity contribution < 1.29 is 4.74 Å². The van der Waals surface area contributed by atoms with Crippen LogP contribution in [0.1, 0.15) is 4.88 Å². The predicted octanol–water partition coefficient (Wildman–Crippen LogP) is 1.86. The Hall–Kier alpha value is -2.34. The molecule has 2 aromatic heterocycles. The van der Waals surface area contributed by atoms with E-state index in [2.05, 4.69) is 10.2 Å². The van der Waals surface area contributed by atoms with Crippen LogP contribution in [0.4, 0.5) is 0 Å². The maximum Gasteiger partial charge on any atom is 0.270 e. The molecule has 3 rings (SSSR count). The fraction of sp³-hybridized carbons (Fsp3) is 0.0769. The second kappa shape index (κ2) is 4.74. The summed E-state index contributed by atoms with van der Waals surface area (Å²) >= 11 is 1.60. The number of aromatic nitrogens is 2. The quantitative estimate of drug-likeness (QED) is 0.765. The minimum Gasteiger partial charge on any atom is -0.488 e. The van der Waals surface area contributed by atoms with E-state index in [9.17, 15) is 9.59 Å². The topological polar surface area (TPSA) is 75.0 Å². The standard InChI is InChI=1S/C13H10N2O3S/c16-12-10-4-3-8(6-11(10)13(17)15-14-12)18-7-9-2-1-5-19-9/h1-6H,7H2,(H,14,16)(H,15,17). The lowest BCUT2D eigenvalue weighted by Gasteiger charge is -2.05. The summed E-state index contributed by atoms with van der Waals surface area (Å²) in [5, 5.41) is 7.23. The number of H-pyrrole nitrogens is 2. The minimum absolute atomic E-state index is 0.320. The van der Waals surface area contributed by atoms with Crippen LogP contribution in [-0.2, 0) is 6.61 Å². The Morgan fingerprint density at radius 2 is 1.84 bits per heavy atom. The highest BCUT2D eigenvalue weighted by Gasteiger charge is 2.05. The molecule has 2 heterocycles. The summed E-state index contributed by atoms with van der Waals surface area (Å²) in [4.78, 5) is 24.3. The van der Waals surface area contributed by atoms with E-state index < -0.39 is 0 Å². The van der Waals surface area contributed by atoms with Gasteiger partial charge in [-0.25, -0.2) is 0 Å². The molecule has 0 amide bonds. The first-order valence-electron chi connectivity index (χ1n) is 5.64. The van der Waals surface area contributed by atoms with Gasteiger partial charge in [-0.2, -0.15) is 0 Å². The highest BCUT2D eigenvalue weighted by Crippen LogP contribution is 2.18. The molecule has 1 aromatic carbocycles. The van der Waals surface area contributed by atoms with Gasteiger partial charge in [-0.05, 0) is 29.6 Å². The molecule has 0 fully saturated rings. The highest BCUT2D eigenvalue weighted by molar-refractivity contribution is 7.09. The average Bonchev–Trinajstić information content (AvgIpc) is 2.94. The molecule has 0 saturated heterocycles. The van der Waals surface area contributed by atoms with Crippen LogP contribution in [-0.4, -0.2) is 10.2 Å². The zero-order valence-electron chi connectivity index (χ0n) is 9.80. The van der Waals surface area contributed by atoms with Crippen LogP contribution in [0.5, 0.6) is 5.75 Å². The van der Waals surface area contributed by atoms with Crippen molar-refractivity contribution in [2.45, 2.75) is 6.61 Å². The Morgan fingerprint density at radius 1 is 1.05 bits per heavy atom. The summed E-state index contributed by atoms with van der Waals surface area (Å²) in [6.07, 6.45) is 0. The first-order chi connectivity index (χ1) is 9.24. The second-order valence-corrected chi connectivity index (χ2v) is 5.02. The Kier molecular flexibility index (Phi) is 2.92. The number of benzene rings is 1. The van der Waals surface area contributed by atoms with Gasteiger partial charge in [-0.1, -0.05) is 6.07 Å². The molecule has 0 spiro atoms. The van der Waals surface area contributed by atoms with E-state index in [0.717, 1.165) is 4.88 Å². The molecule has 0 aliphatic carbocycles. The SMILES string of the molecule is O=c1[nH][nH]c(=O)c2cc(OCc3cccs3)ccc12. The largest absolute Gasteiger partial charge is 0.488 e. The maximum atomic E-state index is 11.6. The number of aromatic amines is 2. The Bertz CT molecular complexity index is 818. The maximum absolute atomic E-state index is 11.6. The van der Waals surface area contributed by atoms with Gasteiger partial charge in [-0.15, -0.1) is 11.3 Å². The molecule has 0 unspecified atom stereocenters. The lowest BCUT2D eigenvalue weighted by atomic mass is 10.2. The number of rotatable bonds is 3. The summed E-state index contributed by atoms with van der Waals surface area (Å²) in [6, 6.07) is 8.78. The molecule has 0 radical (unpaired) electrons. The monoisotopic (exact) mass is 274 g/mol. The van der Waals surface area contributed by atoms with E-state index >= 15 is 0 Å². The van der Waals surface area contributed by atoms with E-state index in [-0.39, 0.29) is 11.1 Å².